The van der Waals surface area contributed by atoms with E-state index in [4.69, 9.17) is 23.9 Å². The number of amides is 1. The first-order valence-corrected chi connectivity index (χ1v) is 10.1. The van der Waals surface area contributed by atoms with Crippen molar-refractivity contribution in [2.24, 2.45) is 0 Å². The highest BCUT2D eigenvalue weighted by molar-refractivity contribution is 7.80. The maximum Gasteiger partial charge on any atom is 0.397 e. The summed E-state index contributed by atoms with van der Waals surface area (Å²) in [6.07, 6.45) is -17.8. The smallest absolute Gasteiger partial charge is 0.397 e. The van der Waals surface area contributed by atoms with Crippen LogP contribution in [-0.4, -0.2) is 123 Å². The zero-order chi connectivity index (χ0) is 23.7. The van der Waals surface area contributed by atoms with E-state index in [0.717, 1.165) is 6.92 Å². The van der Waals surface area contributed by atoms with Crippen molar-refractivity contribution in [1.82, 2.24) is 5.32 Å². The number of carboxylic acid groups (broad SMARTS) is 1. The fourth-order valence-electron chi connectivity index (χ4n) is 3.19. The summed E-state index contributed by atoms with van der Waals surface area (Å²) < 4.78 is 51.3. The van der Waals surface area contributed by atoms with Gasteiger partial charge in [0.05, 0.1) is 6.61 Å². The Balaban J connectivity index is 2.42. The number of hydrogen-bond acceptors (Lipinski definition) is 13. The highest BCUT2D eigenvalue weighted by atomic mass is 32.3. The summed E-state index contributed by atoms with van der Waals surface area (Å²) >= 11 is 0. The molecule has 1 amide bonds. The number of aliphatic hydroxyl groups is 5. The number of carbonyl (C=O) groups excluding carboxylic acids is 1. The fraction of sp³-hybridized carbons (Fsp3) is 0.857. The van der Waals surface area contributed by atoms with Gasteiger partial charge in [-0.1, -0.05) is 0 Å². The van der Waals surface area contributed by atoms with Crippen LogP contribution < -0.4 is 5.32 Å². The molecule has 2 rings (SSSR count). The Kier molecular flexibility index (Phi) is 8.27. The van der Waals surface area contributed by atoms with E-state index >= 15 is 0 Å². The first-order chi connectivity index (χ1) is 14.3. The third kappa shape index (κ3) is 6.05. The second-order valence-electron chi connectivity index (χ2n) is 6.80. The van der Waals surface area contributed by atoms with Gasteiger partial charge in [0.15, 0.2) is 18.7 Å². The average Bonchev–Trinajstić information content (AvgIpc) is 2.64. The van der Waals surface area contributed by atoms with E-state index in [1.54, 1.807) is 0 Å². The summed E-state index contributed by atoms with van der Waals surface area (Å²) in [6, 6.07) is -1.64. The van der Waals surface area contributed by atoms with Crippen molar-refractivity contribution in [3.8, 4) is 0 Å². The first kappa shape index (κ1) is 25.7. The van der Waals surface area contributed by atoms with Gasteiger partial charge in [-0.05, 0) is 0 Å². The quantitative estimate of drug-likeness (QED) is 0.159. The van der Waals surface area contributed by atoms with Crippen LogP contribution in [0.1, 0.15) is 6.92 Å². The molecular formula is C14H23NO15S. The van der Waals surface area contributed by atoms with Crippen molar-refractivity contribution in [3.05, 3.63) is 0 Å². The molecule has 0 bridgehead atoms. The topological polar surface area (TPSA) is 259 Å². The minimum atomic E-state index is -5.22. The van der Waals surface area contributed by atoms with Crippen LogP contribution in [0, 0.1) is 0 Å². The lowest BCUT2D eigenvalue weighted by molar-refractivity contribution is -0.334. The monoisotopic (exact) mass is 477 g/mol. The maximum atomic E-state index is 11.5. The zero-order valence-electron chi connectivity index (χ0n) is 15.8. The Morgan fingerprint density at radius 1 is 1.03 bits per heavy atom. The molecule has 180 valence electrons. The Bertz CT molecular complexity index is 761. The van der Waals surface area contributed by atoms with Gasteiger partial charge in [0.25, 0.3) is 0 Å². The molecule has 0 saturated carbocycles. The molecule has 1 unspecified atom stereocenters. The lowest BCUT2D eigenvalue weighted by Crippen LogP contribution is -2.68. The van der Waals surface area contributed by atoms with Gasteiger partial charge in [-0.15, -0.1) is 0 Å². The summed E-state index contributed by atoms with van der Waals surface area (Å²) in [7, 11) is -5.22. The second-order valence-corrected chi connectivity index (χ2v) is 7.85. The lowest BCUT2D eigenvalue weighted by atomic mass is 9.95. The van der Waals surface area contributed by atoms with E-state index in [0.29, 0.717) is 0 Å². The lowest BCUT2D eigenvalue weighted by Gasteiger charge is -2.46. The number of aliphatic hydroxyl groups excluding tert-OH is 5. The van der Waals surface area contributed by atoms with Gasteiger partial charge in [-0.2, -0.15) is 8.42 Å². The molecule has 2 aliphatic heterocycles. The Morgan fingerprint density at radius 3 is 2.13 bits per heavy atom. The highest BCUT2D eigenvalue weighted by Crippen LogP contribution is 2.30. The van der Waals surface area contributed by atoms with Crippen LogP contribution >= 0.6 is 0 Å². The van der Waals surface area contributed by atoms with Gasteiger partial charge in [0.2, 0.25) is 5.91 Å². The van der Waals surface area contributed by atoms with Crippen molar-refractivity contribution < 1.29 is 71.6 Å². The predicted octanol–water partition coefficient (Wildman–Crippen LogP) is -5.33. The predicted molar refractivity (Wildman–Crippen MR) is 91.2 cm³/mol. The molecule has 31 heavy (non-hydrogen) atoms. The molecule has 0 aliphatic carbocycles. The fourth-order valence-corrected chi connectivity index (χ4v) is 3.71. The minimum absolute atomic E-state index is 0.779. The number of hydrogen-bond donors (Lipinski definition) is 8. The number of ether oxygens (including phenoxy) is 3. The number of aliphatic carboxylic acids is 1. The van der Waals surface area contributed by atoms with E-state index in [2.05, 4.69) is 9.50 Å². The van der Waals surface area contributed by atoms with Crippen LogP contribution in [0.2, 0.25) is 0 Å². The summed E-state index contributed by atoms with van der Waals surface area (Å²) in [5.74, 6) is -2.52. The third-order valence-electron chi connectivity index (χ3n) is 4.55. The minimum Gasteiger partial charge on any atom is -0.479 e. The van der Waals surface area contributed by atoms with Crippen LogP contribution in [-0.2, 0) is 38.4 Å². The Morgan fingerprint density at radius 2 is 1.65 bits per heavy atom. The van der Waals surface area contributed by atoms with Crippen molar-refractivity contribution >= 4 is 22.3 Å². The van der Waals surface area contributed by atoms with Crippen LogP contribution in [0.5, 0.6) is 0 Å². The first-order valence-electron chi connectivity index (χ1n) is 8.72. The molecule has 2 saturated heterocycles. The number of nitrogens with one attached hydrogen (secondary N) is 1. The van der Waals surface area contributed by atoms with Crippen molar-refractivity contribution in [2.75, 3.05) is 6.61 Å². The standard InChI is InChI=1S/C14H23NO15S/c1-3(17)15-5-10(9(30-31(24,25)26)4(2-16)27-13(5)23)28-14-8(20)6(18)7(19)11(29-14)12(21)22/h4-11,13-14,16,18-20,23H,2H2,1H3,(H,15,17)(H,21,22)(H,24,25,26)/t4-,5-,6+,7+,8-,9+,10-,11+,13?,14-/m1/s1. The van der Waals surface area contributed by atoms with Crippen LogP contribution in [0.15, 0.2) is 0 Å². The van der Waals surface area contributed by atoms with Crippen molar-refractivity contribution in [1.29, 1.82) is 0 Å². The van der Waals surface area contributed by atoms with Gasteiger partial charge in [-0.25, -0.2) is 8.98 Å². The molecule has 2 fully saturated rings. The van der Waals surface area contributed by atoms with E-state index < -0.39 is 90.2 Å². The van der Waals surface area contributed by atoms with Crippen molar-refractivity contribution in [3.63, 3.8) is 0 Å². The molecule has 0 spiro atoms. The normalized spacial score (nSPS) is 41.5. The zero-order valence-corrected chi connectivity index (χ0v) is 16.6. The molecule has 2 heterocycles. The SMILES string of the molecule is CC(=O)N[C@H]1C(O)O[C@H](CO)[C@H](OS(=O)(=O)O)[C@@H]1O[C@@H]1O[C@H](C(=O)O)[C@@H](O)[C@H](O)[C@H]1O. The Hall–Kier alpha value is -1.51. The average molecular weight is 477 g/mol. The van der Waals surface area contributed by atoms with E-state index in [1.165, 1.54) is 0 Å². The summed E-state index contributed by atoms with van der Waals surface area (Å²) in [6.45, 7) is 0.0319. The van der Waals surface area contributed by atoms with Crippen molar-refractivity contribution in [2.45, 2.75) is 68.3 Å². The van der Waals surface area contributed by atoms with Gasteiger partial charge < -0.3 is 50.2 Å². The molecule has 2 aliphatic rings. The van der Waals surface area contributed by atoms with E-state index in [9.17, 15) is 43.5 Å². The van der Waals surface area contributed by atoms with Gasteiger partial charge in [0.1, 0.15) is 42.7 Å². The molecule has 8 N–H and O–H groups in total. The number of carboxylic acids is 1. The number of rotatable bonds is 7. The number of carbonyl (C=O) groups is 2. The summed E-state index contributed by atoms with van der Waals surface area (Å²) in [4.78, 5) is 22.8. The van der Waals surface area contributed by atoms with E-state index in [-0.39, 0.29) is 0 Å². The van der Waals surface area contributed by atoms with Gasteiger partial charge in [-0.3, -0.25) is 9.35 Å². The third-order valence-corrected chi connectivity index (χ3v) is 5.02. The molecule has 10 atom stereocenters. The highest BCUT2D eigenvalue weighted by Gasteiger charge is 2.53. The van der Waals surface area contributed by atoms with Gasteiger partial charge >= 0.3 is 16.4 Å². The Labute approximate surface area is 174 Å². The van der Waals surface area contributed by atoms with Crippen LogP contribution in [0.3, 0.4) is 0 Å². The van der Waals surface area contributed by atoms with Crippen LogP contribution in [0.4, 0.5) is 0 Å². The largest absolute Gasteiger partial charge is 0.479 e. The molecule has 16 nitrogen and oxygen atoms in total. The summed E-state index contributed by atoms with van der Waals surface area (Å²) in [5, 5.41) is 60.6. The molecule has 0 aromatic carbocycles. The molecule has 0 aromatic rings. The van der Waals surface area contributed by atoms with Crippen LogP contribution in [0.25, 0.3) is 0 Å². The maximum absolute atomic E-state index is 11.5. The molecular weight excluding hydrogens is 454 g/mol. The summed E-state index contributed by atoms with van der Waals surface area (Å²) in [5.41, 5.74) is 0. The molecule has 17 heteroatoms. The van der Waals surface area contributed by atoms with E-state index in [1.807, 2.05) is 0 Å². The molecule has 0 aromatic heterocycles. The molecule has 0 radical (unpaired) electrons. The van der Waals surface area contributed by atoms with Gasteiger partial charge in [0, 0.05) is 6.92 Å². The second kappa shape index (κ2) is 9.96.